The van der Waals surface area contributed by atoms with Gasteiger partial charge in [-0.15, -0.1) is 0 Å². The molecule has 1 aromatic heterocycles. The van der Waals surface area contributed by atoms with Gasteiger partial charge in [-0.2, -0.15) is 5.10 Å². The van der Waals surface area contributed by atoms with Crippen LogP contribution < -0.4 is 5.43 Å². The molecule has 0 aliphatic carbocycles. The van der Waals surface area contributed by atoms with Crippen molar-refractivity contribution in [2.24, 2.45) is 5.10 Å². The van der Waals surface area contributed by atoms with Crippen molar-refractivity contribution < 1.29 is 9.90 Å². The van der Waals surface area contributed by atoms with Gasteiger partial charge in [-0.05, 0) is 30.5 Å². The minimum Gasteiger partial charge on any atom is -0.507 e. The maximum Gasteiger partial charge on any atom is 0.271 e. The Morgan fingerprint density at radius 2 is 1.83 bits per heavy atom. The Morgan fingerprint density at radius 3 is 2.61 bits per heavy atom. The third-order valence-corrected chi connectivity index (χ3v) is 3.56. The van der Waals surface area contributed by atoms with Crippen LogP contribution in [0.3, 0.4) is 0 Å². The highest BCUT2D eigenvalue weighted by Gasteiger charge is 2.09. The molecule has 0 radical (unpaired) electrons. The number of hydrogen-bond acceptors (Lipinski definition) is 4. The lowest BCUT2D eigenvalue weighted by molar-refractivity contribution is 0.0954. The van der Waals surface area contributed by atoms with E-state index in [1.165, 1.54) is 0 Å². The van der Waals surface area contributed by atoms with Crippen molar-refractivity contribution in [1.82, 2.24) is 10.4 Å². The number of nitrogens with zero attached hydrogens (tertiary/aromatic N) is 2. The van der Waals surface area contributed by atoms with Gasteiger partial charge in [-0.3, -0.25) is 9.78 Å². The molecule has 0 spiro atoms. The molecular weight excluding hydrogens is 290 g/mol. The van der Waals surface area contributed by atoms with Crippen LogP contribution in [0.15, 0.2) is 66.0 Å². The van der Waals surface area contributed by atoms with Crippen molar-refractivity contribution in [2.75, 3.05) is 0 Å². The molecule has 5 heteroatoms. The number of rotatable bonds is 3. The van der Waals surface area contributed by atoms with E-state index in [9.17, 15) is 9.90 Å². The average Bonchev–Trinajstić information content (AvgIpc) is 2.60. The summed E-state index contributed by atoms with van der Waals surface area (Å²) >= 11 is 0. The second-order valence-corrected chi connectivity index (χ2v) is 5.06. The molecule has 5 nitrogen and oxygen atoms in total. The quantitative estimate of drug-likeness (QED) is 0.577. The number of phenolic OH excluding ortho intramolecular Hbond substituents is 1. The average molecular weight is 305 g/mol. The molecule has 1 amide bonds. The molecule has 0 atom stereocenters. The van der Waals surface area contributed by atoms with E-state index in [2.05, 4.69) is 15.5 Å². The summed E-state index contributed by atoms with van der Waals surface area (Å²) in [5.74, 6) is -0.172. The first-order valence-corrected chi connectivity index (χ1v) is 7.12. The Hall–Kier alpha value is -3.21. The number of carbonyl (C=O) groups is 1. The number of phenols is 1. The summed E-state index contributed by atoms with van der Waals surface area (Å²) in [6.45, 7) is 1.73. The molecule has 23 heavy (non-hydrogen) atoms. The van der Waals surface area contributed by atoms with Gasteiger partial charge in [0.15, 0.2) is 0 Å². The number of aromatic nitrogens is 1. The summed E-state index contributed by atoms with van der Waals surface area (Å²) in [4.78, 5) is 15.8. The van der Waals surface area contributed by atoms with Crippen molar-refractivity contribution in [3.8, 4) is 5.75 Å². The van der Waals surface area contributed by atoms with Crippen molar-refractivity contribution in [2.45, 2.75) is 6.92 Å². The van der Waals surface area contributed by atoms with E-state index in [1.807, 2.05) is 30.3 Å². The maximum absolute atomic E-state index is 12.0. The van der Waals surface area contributed by atoms with E-state index in [-0.39, 0.29) is 11.7 Å². The Balaban J connectivity index is 1.87. The minimum atomic E-state index is -0.327. The molecular formula is C18H15N3O2. The Kier molecular flexibility index (Phi) is 4.01. The zero-order chi connectivity index (χ0) is 16.2. The van der Waals surface area contributed by atoms with E-state index in [1.54, 1.807) is 37.5 Å². The van der Waals surface area contributed by atoms with Crippen LogP contribution in [0.25, 0.3) is 10.8 Å². The second-order valence-electron chi connectivity index (χ2n) is 5.06. The van der Waals surface area contributed by atoms with Gasteiger partial charge in [0.2, 0.25) is 0 Å². The van der Waals surface area contributed by atoms with E-state index in [4.69, 9.17) is 0 Å². The predicted molar refractivity (Wildman–Crippen MR) is 89.5 cm³/mol. The van der Waals surface area contributed by atoms with Gasteiger partial charge in [0, 0.05) is 28.9 Å². The molecule has 114 valence electrons. The summed E-state index contributed by atoms with van der Waals surface area (Å²) < 4.78 is 0. The Morgan fingerprint density at radius 1 is 1.09 bits per heavy atom. The highest BCUT2D eigenvalue weighted by molar-refractivity contribution is 6.07. The van der Waals surface area contributed by atoms with Gasteiger partial charge < -0.3 is 5.11 Å². The lowest BCUT2D eigenvalue weighted by Crippen LogP contribution is -2.19. The number of hydrogen-bond donors (Lipinski definition) is 2. The minimum absolute atomic E-state index is 0.155. The highest BCUT2D eigenvalue weighted by atomic mass is 16.3. The van der Waals surface area contributed by atoms with Crippen LogP contribution >= 0.6 is 0 Å². The lowest BCUT2D eigenvalue weighted by atomic mass is 10.0. The number of hydrazone groups is 1. The van der Waals surface area contributed by atoms with E-state index < -0.39 is 0 Å². The fourth-order valence-electron chi connectivity index (χ4n) is 2.31. The number of pyridine rings is 1. The van der Waals surface area contributed by atoms with Crippen molar-refractivity contribution in [1.29, 1.82) is 0 Å². The molecule has 0 aliphatic heterocycles. The van der Waals surface area contributed by atoms with Crippen LogP contribution in [0.4, 0.5) is 0 Å². The standard InChI is InChI=1S/C18H15N3O2/c1-12(20-21-18(23)14-8-10-19-11-9-14)15-7-6-13-4-2-3-5-16(13)17(15)22/h2-11,22H,1H3,(H,21,23)/b20-12-. The zero-order valence-electron chi connectivity index (χ0n) is 12.5. The first kappa shape index (κ1) is 14.7. The van der Waals surface area contributed by atoms with Gasteiger partial charge in [-0.25, -0.2) is 5.43 Å². The molecule has 0 saturated carbocycles. The summed E-state index contributed by atoms with van der Waals surface area (Å²) in [6.07, 6.45) is 3.08. The first-order valence-electron chi connectivity index (χ1n) is 7.12. The van der Waals surface area contributed by atoms with Crippen LogP contribution in [0.2, 0.25) is 0 Å². The van der Waals surface area contributed by atoms with Crippen molar-refractivity contribution in [3.63, 3.8) is 0 Å². The first-order chi connectivity index (χ1) is 11.2. The molecule has 0 aliphatic rings. The van der Waals surface area contributed by atoms with Gasteiger partial charge in [0.05, 0.1) is 5.71 Å². The summed E-state index contributed by atoms with van der Waals surface area (Å²) in [5, 5.41) is 16.2. The molecule has 3 rings (SSSR count). The van der Waals surface area contributed by atoms with Crippen LogP contribution in [-0.2, 0) is 0 Å². The Labute approximate surface area is 133 Å². The van der Waals surface area contributed by atoms with Gasteiger partial charge in [0.1, 0.15) is 5.75 Å². The number of benzene rings is 2. The molecule has 0 bridgehead atoms. The molecule has 0 unspecified atom stereocenters. The zero-order valence-corrected chi connectivity index (χ0v) is 12.5. The van der Waals surface area contributed by atoms with E-state index in [0.717, 1.165) is 10.8 Å². The van der Waals surface area contributed by atoms with Crippen LogP contribution in [0, 0.1) is 0 Å². The molecule has 0 saturated heterocycles. The SMILES string of the molecule is C/C(=N/NC(=O)c1ccncc1)c1ccc2ccccc2c1O. The molecule has 2 aromatic carbocycles. The lowest BCUT2D eigenvalue weighted by Gasteiger charge is -2.08. The fraction of sp³-hybridized carbons (Fsp3) is 0.0556. The number of nitrogens with one attached hydrogen (secondary N) is 1. The highest BCUT2D eigenvalue weighted by Crippen LogP contribution is 2.28. The normalized spacial score (nSPS) is 11.4. The second kappa shape index (κ2) is 6.27. The number of carbonyl (C=O) groups excluding carboxylic acids is 1. The largest absolute Gasteiger partial charge is 0.507 e. The third kappa shape index (κ3) is 3.03. The third-order valence-electron chi connectivity index (χ3n) is 3.56. The number of aromatic hydroxyl groups is 1. The van der Waals surface area contributed by atoms with Crippen LogP contribution in [-0.4, -0.2) is 21.7 Å². The topological polar surface area (TPSA) is 74.6 Å². The molecule has 2 N–H and O–H groups in total. The van der Waals surface area contributed by atoms with Crippen LogP contribution in [0.5, 0.6) is 5.75 Å². The van der Waals surface area contributed by atoms with E-state index in [0.29, 0.717) is 16.8 Å². The fourth-order valence-corrected chi connectivity index (χ4v) is 2.31. The summed E-state index contributed by atoms with van der Waals surface area (Å²) in [6, 6.07) is 14.5. The van der Waals surface area contributed by atoms with Crippen molar-refractivity contribution in [3.05, 3.63) is 72.1 Å². The smallest absolute Gasteiger partial charge is 0.271 e. The van der Waals surface area contributed by atoms with Gasteiger partial charge in [-0.1, -0.05) is 30.3 Å². The predicted octanol–water partition coefficient (Wildman–Crippen LogP) is 3.09. The number of amides is 1. The van der Waals surface area contributed by atoms with Crippen molar-refractivity contribution >= 4 is 22.4 Å². The molecule has 1 heterocycles. The van der Waals surface area contributed by atoms with Gasteiger partial charge >= 0.3 is 0 Å². The maximum atomic E-state index is 12.0. The van der Waals surface area contributed by atoms with E-state index >= 15 is 0 Å². The monoisotopic (exact) mass is 305 g/mol. The van der Waals surface area contributed by atoms with Crippen LogP contribution in [0.1, 0.15) is 22.8 Å². The van der Waals surface area contributed by atoms with Gasteiger partial charge in [0.25, 0.3) is 5.91 Å². The summed E-state index contributed by atoms with van der Waals surface area (Å²) in [5.41, 5.74) is 4.06. The summed E-state index contributed by atoms with van der Waals surface area (Å²) in [7, 11) is 0. The molecule has 0 fully saturated rings. The molecule has 3 aromatic rings. The Bertz CT molecular complexity index is 889. The number of fused-ring (bicyclic) bond motifs is 1.